The summed E-state index contributed by atoms with van der Waals surface area (Å²) >= 11 is 0. The summed E-state index contributed by atoms with van der Waals surface area (Å²) in [6, 6.07) is 11.2. The highest BCUT2D eigenvalue weighted by molar-refractivity contribution is 5.81. The Labute approximate surface area is 101 Å². The molecule has 0 fully saturated rings. The van der Waals surface area contributed by atoms with Crippen LogP contribution in [0, 0.1) is 0 Å². The zero-order valence-electron chi connectivity index (χ0n) is 9.80. The highest BCUT2D eigenvalue weighted by Crippen LogP contribution is 2.21. The third kappa shape index (κ3) is 2.94. The maximum absolute atomic E-state index is 9.24. The molecule has 0 unspecified atom stereocenters. The van der Waals surface area contributed by atoms with Crippen LogP contribution in [0.15, 0.2) is 48.8 Å². The normalized spacial score (nSPS) is 11.5. The predicted octanol–water partition coefficient (Wildman–Crippen LogP) is 3.74. The van der Waals surface area contributed by atoms with E-state index >= 15 is 0 Å². The molecule has 2 heteroatoms. The molecule has 86 valence electrons. The molecule has 2 rings (SSSR count). The van der Waals surface area contributed by atoms with E-state index in [9.17, 15) is 5.11 Å². The van der Waals surface area contributed by atoms with Crippen molar-refractivity contribution < 1.29 is 5.11 Å². The maximum Gasteiger partial charge on any atom is 0.115 e. The summed E-state index contributed by atoms with van der Waals surface area (Å²) in [6.45, 7) is 2.13. The van der Waals surface area contributed by atoms with Crippen LogP contribution in [0.1, 0.15) is 24.5 Å². The zero-order valence-corrected chi connectivity index (χ0v) is 9.80. The minimum absolute atomic E-state index is 0.295. The first-order chi connectivity index (χ1) is 8.29. The Bertz CT molecular complexity index is 500. The van der Waals surface area contributed by atoms with Gasteiger partial charge in [0.1, 0.15) is 5.75 Å². The van der Waals surface area contributed by atoms with Gasteiger partial charge in [0.15, 0.2) is 0 Å². The van der Waals surface area contributed by atoms with Crippen LogP contribution in [0.3, 0.4) is 0 Å². The molecule has 0 amide bonds. The molecule has 0 bridgehead atoms. The van der Waals surface area contributed by atoms with Crippen LogP contribution in [-0.4, -0.2) is 10.1 Å². The minimum Gasteiger partial charge on any atom is -0.508 e. The lowest BCUT2D eigenvalue weighted by Gasteiger charge is -2.04. The van der Waals surface area contributed by atoms with Gasteiger partial charge < -0.3 is 5.11 Å². The molecular formula is C15H15NO. The second kappa shape index (κ2) is 5.30. The molecule has 0 aliphatic carbocycles. The number of nitrogens with zero attached hydrogens (tertiary/aromatic N) is 1. The average molecular weight is 225 g/mol. The van der Waals surface area contributed by atoms with Gasteiger partial charge in [-0.05, 0) is 47.4 Å². The van der Waals surface area contributed by atoms with E-state index in [1.807, 2.05) is 24.3 Å². The van der Waals surface area contributed by atoms with Gasteiger partial charge in [0.05, 0.1) is 0 Å². The van der Waals surface area contributed by atoms with Crippen molar-refractivity contribution in [3.63, 3.8) is 0 Å². The predicted molar refractivity (Wildman–Crippen MR) is 70.5 cm³/mol. The minimum atomic E-state index is 0.295. The Morgan fingerprint density at radius 3 is 2.35 bits per heavy atom. The van der Waals surface area contributed by atoms with Crippen molar-refractivity contribution in [1.29, 1.82) is 0 Å². The average Bonchev–Trinajstić information content (AvgIpc) is 2.39. The molecule has 2 nitrogen and oxygen atoms in total. The number of phenolic OH excluding ortho intramolecular Hbond substituents is 1. The van der Waals surface area contributed by atoms with Crippen molar-refractivity contribution in [2.45, 2.75) is 13.3 Å². The Hall–Kier alpha value is -2.09. The lowest BCUT2D eigenvalue weighted by atomic mass is 10.0. The third-order valence-corrected chi connectivity index (χ3v) is 2.67. The van der Waals surface area contributed by atoms with Crippen molar-refractivity contribution in [3.8, 4) is 5.75 Å². The number of aromatic nitrogens is 1. The van der Waals surface area contributed by atoms with Gasteiger partial charge in [-0.25, -0.2) is 0 Å². The topological polar surface area (TPSA) is 33.1 Å². The van der Waals surface area contributed by atoms with Gasteiger partial charge in [0.25, 0.3) is 0 Å². The van der Waals surface area contributed by atoms with E-state index in [1.165, 1.54) is 11.1 Å². The molecule has 0 aliphatic heterocycles. The fourth-order valence-corrected chi connectivity index (χ4v) is 1.73. The molecule has 17 heavy (non-hydrogen) atoms. The molecule has 1 heterocycles. The molecule has 0 aliphatic rings. The Balaban J connectivity index is 2.33. The third-order valence-electron chi connectivity index (χ3n) is 2.67. The number of hydrogen-bond donors (Lipinski definition) is 1. The molecular weight excluding hydrogens is 210 g/mol. The van der Waals surface area contributed by atoms with Crippen molar-refractivity contribution in [2.24, 2.45) is 0 Å². The molecule has 0 saturated carbocycles. The summed E-state index contributed by atoms with van der Waals surface area (Å²) in [5, 5.41) is 9.24. The number of benzene rings is 1. The van der Waals surface area contributed by atoms with E-state index in [2.05, 4.69) is 18.0 Å². The van der Waals surface area contributed by atoms with Crippen LogP contribution in [0.25, 0.3) is 11.6 Å². The number of rotatable bonds is 3. The van der Waals surface area contributed by atoms with Crippen molar-refractivity contribution in [3.05, 3.63) is 59.9 Å². The molecule has 0 spiro atoms. The lowest BCUT2D eigenvalue weighted by molar-refractivity contribution is 0.475. The zero-order chi connectivity index (χ0) is 12.1. The van der Waals surface area contributed by atoms with Crippen molar-refractivity contribution in [1.82, 2.24) is 4.98 Å². The van der Waals surface area contributed by atoms with Gasteiger partial charge in [-0.3, -0.25) is 4.98 Å². The standard InChI is InChI=1S/C15H15NO/c1-2-13(14-7-9-16-10-8-14)11-12-3-5-15(17)6-4-12/h3-11,17H,2H2,1H3/b13-11+. The SMILES string of the molecule is CC/C(=C\c1ccc(O)cc1)c1ccncc1. The van der Waals surface area contributed by atoms with Gasteiger partial charge in [0, 0.05) is 12.4 Å². The number of hydrogen-bond acceptors (Lipinski definition) is 2. The van der Waals surface area contributed by atoms with Gasteiger partial charge in [0.2, 0.25) is 0 Å². The highest BCUT2D eigenvalue weighted by atomic mass is 16.3. The summed E-state index contributed by atoms with van der Waals surface area (Å²) in [4.78, 5) is 4.02. The summed E-state index contributed by atoms with van der Waals surface area (Å²) in [6.07, 6.45) is 6.70. The fourth-order valence-electron chi connectivity index (χ4n) is 1.73. The number of pyridine rings is 1. The second-order valence-corrected chi connectivity index (χ2v) is 3.85. The number of phenols is 1. The second-order valence-electron chi connectivity index (χ2n) is 3.85. The molecule has 2 aromatic rings. The van der Waals surface area contributed by atoms with Crippen LogP contribution < -0.4 is 0 Å². The Kier molecular flexibility index (Phi) is 3.55. The first-order valence-corrected chi connectivity index (χ1v) is 5.69. The maximum atomic E-state index is 9.24. The Morgan fingerprint density at radius 1 is 1.12 bits per heavy atom. The number of aromatic hydroxyl groups is 1. The van der Waals surface area contributed by atoms with E-state index in [4.69, 9.17) is 0 Å². The Morgan fingerprint density at radius 2 is 1.76 bits per heavy atom. The van der Waals surface area contributed by atoms with E-state index in [0.29, 0.717) is 5.75 Å². The monoisotopic (exact) mass is 225 g/mol. The van der Waals surface area contributed by atoms with Gasteiger partial charge in [-0.2, -0.15) is 0 Å². The molecule has 1 N–H and O–H groups in total. The molecule has 1 aromatic carbocycles. The van der Waals surface area contributed by atoms with E-state index in [-0.39, 0.29) is 0 Å². The van der Waals surface area contributed by atoms with Crippen molar-refractivity contribution in [2.75, 3.05) is 0 Å². The smallest absolute Gasteiger partial charge is 0.115 e. The largest absolute Gasteiger partial charge is 0.508 e. The molecule has 0 saturated heterocycles. The summed E-state index contributed by atoms with van der Waals surface area (Å²) < 4.78 is 0. The van der Waals surface area contributed by atoms with Crippen LogP contribution >= 0.6 is 0 Å². The first kappa shape index (κ1) is 11.4. The molecule has 0 radical (unpaired) electrons. The molecule has 0 atom stereocenters. The van der Waals surface area contributed by atoms with E-state index in [1.54, 1.807) is 24.5 Å². The van der Waals surface area contributed by atoms with E-state index in [0.717, 1.165) is 12.0 Å². The van der Waals surface area contributed by atoms with Gasteiger partial charge >= 0.3 is 0 Å². The van der Waals surface area contributed by atoms with Gasteiger partial charge in [-0.1, -0.05) is 25.1 Å². The quantitative estimate of drug-likeness (QED) is 0.863. The van der Waals surface area contributed by atoms with Gasteiger partial charge in [-0.15, -0.1) is 0 Å². The molecule has 1 aromatic heterocycles. The number of allylic oxidation sites excluding steroid dienone is 1. The lowest BCUT2D eigenvalue weighted by Crippen LogP contribution is -1.83. The van der Waals surface area contributed by atoms with Crippen molar-refractivity contribution >= 4 is 11.6 Å². The summed E-state index contributed by atoms with van der Waals surface area (Å²) in [5.41, 5.74) is 3.55. The fraction of sp³-hybridized carbons (Fsp3) is 0.133. The summed E-state index contributed by atoms with van der Waals surface area (Å²) in [7, 11) is 0. The van der Waals surface area contributed by atoms with Crippen LogP contribution in [0.2, 0.25) is 0 Å². The van der Waals surface area contributed by atoms with Crippen LogP contribution in [0.4, 0.5) is 0 Å². The summed E-state index contributed by atoms with van der Waals surface area (Å²) in [5.74, 6) is 0.295. The highest BCUT2D eigenvalue weighted by Gasteiger charge is 1.99. The van der Waals surface area contributed by atoms with Crippen LogP contribution in [-0.2, 0) is 0 Å². The van der Waals surface area contributed by atoms with E-state index < -0.39 is 0 Å². The first-order valence-electron chi connectivity index (χ1n) is 5.69. The van der Waals surface area contributed by atoms with Crippen LogP contribution in [0.5, 0.6) is 5.75 Å².